The third-order valence-electron chi connectivity index (χ3n) is 2.87. The highest BCUT2D eigenvalue weighted by molar-refractivity contribution is 7.94. The molecule has 0 spiro atoms. The molecule has 0 N–H and O–H groups in total. The lowest BCUT2D eigenvalue weighted by Gasteiger charge is -2.15. The Morgan fingerprint density at radius 3 is 2.22 bits per heavy atom. The van der Waals surface area contributed by atoms with Gasteiger partial charge in [-0.25, -0.2) is 12.7 Å². The number of Topliss-reactive ketones (excluding diaryl/α,β-unsaturated/α-hetero) is 1. The van der Waals surface area contributed by atoms with E-state index in [0.717, 1.165) is 4.31 Å². The maximum atomic E-state index is 11.8. The largest absolute Gasteiger partial charge is 0.295 e. The molecule has 96 valence electrons. The molecule has 0 saturated carbocycles. The predicted molar refractivity (Wildman–Crippen MR) is 66.9 cm³/mol. The van der Waals surface area contributed by atoms with Gasteiger partial charge in [-0.2, -0.15) is 0 Å². The summed E-state index contributed by atoms with van der Waals surface area (Å²) >= 11 is 0. The van der Waals surface area contributed by atoms with E-state index < -0.39 is 21.8 Å². The van der Waals surface area contributed by atoms with E-state index in [0.29, 0.717) is 5.56 Å². The molecular formula is C12H13NO4S. The van der Waals surface area contributed by atoms with Crippen LogP contribution in [0.1, 0.15) is 24.2 Å². The van der Waals surface area contributed by atoms with Gasteiger partial charge in [0.2, 0.25) is 15.9 Å². The van der Waals surface area contributed by atoms with Crippen molar-refractivity contribution in [2.45, 2.75) is 13.8 Å². The normalized spacial score (nSPS) is 22.2. The molecule has 18 heavy (non-hydrogen) atoms. The predicted octanol–water partition coefficient (Wildman–Crippen LogP) is 1.20. The van der Waals surface area contributed by atoms with Crippen molar-refractivity contribution in [1.82, 2.24) is 0 Å². The maximum absolute atomic E-state index is 11.8. The van der Waals surface area contributed by atoms with Gasteiger partial charge in [0.1, 0.15) is 0 Å². The summed E-state index contributed by atoms with van der Waals surface area (Å²) in [6.45, 7) is 3.01. The molecule has 0 aliphatic carbocycles. The molecule has 2 rings (SSSR count). The smallest absolute Gasteiger partial charge is 0.244 e. The summed E-state index contributed by atoms with van der Waals surface area (Å²) in [5.41, 5.74) is 0.769. The van der Waals surface area contributed by atoms with Crippen LogP contribution in [0.15, 0.2) is 24.3 Å². The lowest BCUT2D eigenvalue weighted by Crippen LogP contribution is -2.30. The highest BCUT2D eigenvalue weighted by atomic mass is 32.2. The quantitative estimate of drug-likeness (QED) is 0.755. The Bertz CT molecular complexity index is 603. The van der Waals surface area contributed by atoms with Gasteiger partial charge in [0.15, 0.2) is 5.78 Å². The minimum Gasteiger partial charge on any atom is -0.295 e. The lowest BCUT2D eigenvalue weighted by atomic mass is 10.1. The number of rotatable bonds is 2. The first-order valence-electron chi connectivity index (χ1n) is 5.51. The van der Waals surface area contributed by atoms with Crippen LogP contribution in [0.3, 0.4) is 0 Å². The highest BCUT2D eigenvalue weighted by Gasteiger charge is 2.41. The molecule has 0 aromatic heterocycles. The zero-order chi connectivity index (χ0) is 13.5. The Balaban J connectivity index is 2.43. The number of hydrogen-bond donors (Lipinski definition) is 0. The van der Waals surface area contributed by atoms with Crippen LogP contribution in [-0.4, -0.2) is 25.9 Å². The monoisotopic (exact) mass is 267 g/mol. The van der Waals surface area contributed by atoms with Crippen LogP contribution in [0.4, 0.5) is 5.69 Å². The highest BCUT2D eigenvalue weighted by Crippen LogP contribution is 2.28. The van der Waals surface area contributed by atoms with Crippen LogP contribution in [0.5, 0.6) is 0 Å². The number of amides is 1. The van der Waals surface area contributed by atoms with Crippen molar-refractivity contribution in [3.8, 4) is 0 Å². The number of benzene rings is 1. The number of carbonyl (C=O) groups excluding carboxylic acids is 2. The van der Waals surface area contributed by atoms with E-state index in [1.54, 1.807) is 6.92 Å². The van der Waals surface area contributed by atoms with Gasteiger partial charge >= 0.3 is 0 Å². The molecule has 1 aliphatic rings. The van der Waals surface area contributed by atoms with Crippen molar-refractivity contribution in [2.24, 2.45) is 5.92 Å². The Labute approximate surface area is 105 Å². The molecule has 1 fully saturated rings. The second-order valence-corrected chi connectivity index (χ2v) is 6.25. The van der Waals surface area contributed by atoms with Gasteiger partial charge < -0.3 is 0 Å². The van der Waals surface area contributed by atoms with Crippen molar-refractivity contribution in [1.29, 1.82) is 0 Å². The Hall–Kier alpha value is -1.69. The van der Waals surface area contributed by atoms with E-state index in [4.69, 9.17) is 0 Å². The van der Waals surface area contributed by atoms with Crippen LogP contribution in [-0.2, 0) is 14.8 Å². The summed E-state index contributed by atoms with van der Waals surface area (Å²) in [4.78, 5) is 22.9. The van der Waals surface area contributed by atoms with Gasteiger partial charge in [0, 0.05) is 5.56 Å². The SMILES string of the molecule is CC(=O)c1ccc(N2C(=O)C(C)CS2(=O)=O)cc1. The van der Waals surface area contributed by atoms with Crippen LogP contribution >= 0.6 is 0 Å². The molecule has 5 nitrogen and oxygen atoms in total. The topological polar surface area (TPSA) is 71.5 Å². The minimum atomic E-state index is -3.57. The number of carbonyl (C=O) groups is 2. The van der Waals surface area contributed by atoms with Gasteiger partial charge in [-0.3, -0.25) is 9.59 Å². The van der Waals surface area contributed by atoms with Gasteiger partial charge in [0.25, 0.3) is 0 Å². The first-order chi connectivity index (χ1) is 8.33. The zero-order valence-electron chi connectivity index (χ0n) is 10.1. The van der Waals surface area contributed by atoms with Gasteiger partial charge in [-0.15, -0.1) is 0 Å². The summed E-state index contributed by atoms with van der Waals surface area (Å²) in [5.74, 6) is -1.22. The molecular weight excluding hydrogens is 254 g/mol. The van der Waals surface area contributed by atoms with E-state index in [1.165, 1.54) is 31.2 Å². The van der Waals surface area contributed by atoms with Crippen molar-refractivity contribution < 1.29 is 18.0 Å². The molecule has 1 aromatic rings. The summed E-state index contributed by atoms with van der Waals surface area (Å²) in [6.07, 6.45) is 0. The molecule has 1 amide bonds. The van der Waals surface area contributed by atoms with Crippen LogP contribution in [0.2, 0.25) is 0 Å². The molecule has 1 unspecified atom stereocenters. The Kier molecular flexibility index (Phi) is 2.98. The number of ketones is 1. The fourth-order valence-corrected chi connectivity index (χ4v) is 3.74. The molecule has 1 aliphatic heterocycles. The van der Waals surface area contributed by atoms with Crippen molar-refractivity contribution in [2.75, 3.05) is 10.1 Å². The Morgan fingerprint density at radius 2 is 1.83 bits per heavy atom. The molecule has 1 saturated heterocycles. The second kappa shape index (κ2) is 4.20. The van der Waals surface area contributed by atoms with E-state index in [1.807, 2.05) is 0 Å². The number of sulfonamides is 1. The van der Waals surface area contributed by atoms with Gasteiger partial charge in [0.05, 0.1) is 17.4 Å². The van der Waals surface area contributed by atoms with E-state index >= 15 is 0 Å². The van der Waals surface area contributed by atoms with Crippen LogP contribution in [0.25, 0.3) is 0 Å². The van der Waals surface area contributed by atoms with Gasteiger partial charge in [-0.05, 0) is 31.2 Å². The number of anilines is 1. The molecule has 0 bridgehead atoms. The summed E-state index contributed by atoms with van der Waals surface area (Å²) < 4.78 is 24.5. The van der Waals surface area contributed by atoms with E-state index in [2.05, 4.69) is 0 Å². The molecule has 6 heteroatoms. The second-order valence-electron chi connectivity index (χ2n) is 4.39. The zero-order valence-corrected chi connectivity index (χ0v) is 10.9. The maximum Gasteiger partial charge on any atom is 0.244 e. The average molecular weight is 267 g/mol. The molecule has 1 heterocycles. The fraction of sp³-hybridized carbons (Fsp3) is 0.333. The van der Waals surface area contributed by atoms with Crippen molar-refractivity contribution in [3.05, 3.63) is 29.8 Å². The number of nitrogens with zero attached hydrogens (tertiary/aromatic N) is 1. The van der Waals surface area contributed by atoms with E-state index in [9.17, 15) is 18.0 Å². The van der Waals surface area contributed by atoms with Gasteiger partial charge in [-0.1, -0.05) is 6.92 Å². The summed E-state index contributed by atoms with van der Waals surface area (Å²) in [7, 11) is -3.57. The first kappa shape index (κ1) is 12.8. The van der Waals surface area contributed by atoms with Crippen LogP contribution in [0, 0.1) is 5.92 Å². The van der Waals surface area contributed by atoms with E-state index in [-0.39, 0.29) is 17.2 Å². The summed E-state index contributed by atoms with van der Waals surface area (Å²) in [5, 5.41) is 0. The van der Waals surface area contributed by atoms with Crippen molar-refractivity contribution in [3.63, 3.8) is 0 Å². The standard InChI is InChI=1S/C12H13NO4S/c1-8-7-18(16,17)13(12(8)15)11-5-3-10(4-6-11)9(2)14/h3-6,8H,7H2,1-2H3. The number of hydrogen-bond acceptors (Lipinski definition) is 4. The average Bonchev–Trinajstić information content (AvgIpc) is 2.48. The Morgan fingerprint density at radius 1 is 1.28 bits per heavy atom. The lowest BCUT2D eigenvalue weighted by molar-refractivity contribution is -0.119. The van der Waals surface area contributed by atoms with Crippen LogP contribution < -0.4 is 4.31 Å². The third-order valence-corrected chi connectivity index (χ3v) is 4.74. The molecule has 0 radical (unpaired) electrons. The summed E-state index contributed by atoms with van der Waals surface area (Å²) in [6, 6.07) is 5.99. The third kappa shape index (κ3) is 2.03. The molecule has 1 atom stereocenters. The minimum absolute atomic E-state index is 0.106. The first-order valence-corrected chi connectivity index (χ1v) is 7.11. The fourth-order valence-electron chi connectivity index (χ4n) is 1.92. The molecule has 1 aromatic carbocycles. The van der Waals surface area contributed by atoms with Crippen molar-refractivity contribution >= 4 is 27.4 Å².